The summed E-state index contributed by atoms with van der Waals surface area (Å²) in [5.41, 5.74) is -0.969. The lowest BCUT2D eigenvalue weighted by atomic mass is 10.1. The SMILES string of the molecule is CC(=O)c1ccc(Cn2ccc(NC(=O)c3nc(C)oc3-c3cccc(C(F)(F)F)c3)n2)o1. The van der Waals surface area contributed by atoms with Crippen LogP contribution in [0.1, 0.15) is 45.2 Å². The van der Waals surface area contributed by atoms with E-state index in [1.54, 1.807) is 18.3 Å². The predicted octanol–water partition coefficient (Wildman–Crippen LogP) is 4.96. The zero-order valence-electron chi connectivity index (χ0n) is 17.4. The zero-order chi connectivity index (χ0) is 23.8. The van der Waals surface area contributed by atoms with E-state index in [0.717, 1.165) is 12.1 Å². The Morgan fingerprint density at radius 3 is 2.61 bits per heavy atom. The van der Waals surface area contributed by atoms with E-state index >= 15 is 0 Å². The van der Waals surface area contributed by atoms with Crippen LogP contribution in [0.15, 0.2) is 57.5 Å². The Hall–Kier alpha value is -4.15. The van der Waals surface area contributed by atoms with Gasteiger partial charge in [-0.25, -0.2) is 4.98 Å². The minimum absolute atomic E-state index is 0.0696. The second kappa shape index (κ2) is 8.41. The Labute approximate surface area is 185 Å². The van der Waals surface area contributed by atoms with Crippen molar-refractivity contribution in [2.45, 2.75) is 26.6 Å². The predicted molar refractivity (Wildman–Crippen MR) is 110 cm³/mol. The molecular formula is C22H17F3N4O4. The molecule has 0 atom stereocenters. The molecular weight excluding hydrogens is 441 g/mol. The number of nitrogens with zero attached hydrogens (tertiary/aromatic N) is 3. The summed E-state index contributed by atoms with van der Waals surface area (Å²) >= 11 is 0. The first-order valence-electron chi connectivity index (χ1n) is 9.69. The molecule has 11 heteroatoms. The molecule has 3 aromatic heterocycles. The van der Waals surface area contributed by atoms with Crippen molar-refractivity contribution in [2.75, 3.05) is 5.32 Å². The molecule has 1 amide bonds. The molecule has 0 radical (unpaired) electrons. The van der Waals surface area contributed by atoms with Gasteiger partial charge in [-0.05, 0) is 24.3 Å². The van der Waals surface area contributed by atoms with Gasteiger partial charge in [0.25, 0.3) is 5.91 Å². The maximum Gasteiger partial charge on any atom is 0.416 e. The second-order valence-corrected chi connectivity index (χ2v) is 7.16. The largest absolute Gasteiger partial charge is 0.456 e. The Bertz CT molecular complexity index is 1330. The van der Waals surface area contributed by atoms with Crippen LogP contribution < -0.4 is 5.32 Å². The lowest BCUT2D eigenvalue weighted by Crippen LogP contribution is -2.14. The fourth-order valence-corrected chi connectivity index (χ4v) is 3.12. The van der Waals surface area contributed by atoms with Gasteiger partial charge in [0.2, 0.25) is 0 Å². The van der Waals surface area contributed by atoms with Crippen molar-refractivity contribution < 1.29 is 31.6 Å². The summed E-state index contributed by atoms with van der Waals surface area (Å²) in [6.45, 7) is 3.10. The summed E-state index contributed by atoms with van der Waals surface area (Å²) in [4.78, 5) is 28.2. The maximum absolute atomic E-state index is 13.1. The van der Waals surface area contributed by atoms with E-state index in [1.165, 1.54) is 36.7 Å². The third kappa shape index (κ3) is 4.86. The third-order valence-electron chi connectivity index (χ3n) is 4.61. The van der Waals surface area contributed by atoms with Crippen molar-refractivity contribution >= 4 is 17.5 Å². The van der Waals surface area contributed by atoms with Crippen LogP contribution in [0, 0.1) is 6.92 Å². The van der Waals surface area contributed by atoms with Crippen LogP contribution in [0.2, 0.25) is 0 Å². The molecule has 170 valence electrons. The van der Waals surface area contributed by atoms with Gasteiger partial charge in [-0.1, -0.05) is 12.1 Å². The molecule has 0 unspecified atom stereocenters. The molecule has 0 aliphatic heterocycles. The van der Waals surface area contributed by atoms with Crippen LogP contribution in [0.3, 0.4) is 0 Å². The number of hydrogen-bond donors (Lipinski definition) is 1. The molecule has 0 spiro atoms. The van der Waals surface area contributed by atoms with Gasteiger partial charge in [0.15, 0.2) is 34.7 Å². The van der Waals surface area contributed by atoms with Gasteiger partial charge < -0.3 is 14.2 Å². The van der Waals surface area contributed by atoms with Gasteiger partial charge in [-0.15, -0.1) is 0 Å². The number of amides is 1. The normalized spacial score (nSPS) is 11.5. The molecule has 1 N–H and O–H groups in total. The van der Waals surface area contributed by atoms with E-state index in [2.05, 4.69) is 15.4 Å². The number of benzene rings is 1. The van der Waals surface area contributed by atoms with Gasteiger partial charge in [-0.2, -0.15) is 18.3 Å². The average molecular weight is 458 g/mol. The van der Waals surface area contributed by atoms with Crippen molar-refractivity contribution in [3.8, 4) is 11.3 Å². The lowest BCUT2D eigenvalue weighted by Gasteiger charge is -2.08. The fraction of sp³-hybridized carbons (Fsp3) is 0.182. The van der Waals surface area contributed by atoms with Crippen LogP contribution in [0.25, 0.3) is 11.3 Å². The Morgan fingerprint density at radius 1 is 1.12 bits per heavy atom. The van der Waals surface area contributed by atoms with Gasteiger partial charge in [0.1, 0.15) is 5.76 Å². The number of rotatable bonds is 6. The van der Waals surface area contributed by atoms with E-state index in [4.69, 9.17) is 8.83 Å². The lowest BCUT2D eigenvalue weighted by molar-refractivity contribution is -0.137. The highest BCUT2D eigenvalue weighted by atomic mass is 19.4. The van der Waals surface area contributed by atoms with E-state index in [-0.39, 0.29) is 46.8 Å². The maximum atomic E-state index is 13.1. The van der Waals surface area contributed by atoms with E-state index in [0.29, 0.717) is 5.76 Å². The van der Waals surface area contributed by atoms with Crippen LogP contribution in [-0.4, -0.2) is 26.5 Å². The minimum atomic E-state index is -4.54. The number of nitrogens with one attached hydrogen (secondary N) is 1. The molecule has 4 rings (SSSR count). The van der Waals surface area contributed by atoms with Gasteiger partial charge in [0.05, 0.1) is 12.1 Å². The summed E-state index contributed by atoms with van der Waals surface area (Å²) in [6.07, 6.45) is -2.95. The first-order valence-corrected chi connectivity index (χ1v) is 9.69. The number of anilines is 1. The fourth-order valence-electron chi connectivity index (χ4n) is 3.12. The molecule has 0 fully saturated rings. The van der Waals surface area contributed by atoms with Crippen LogP contribution >= 0.6 is 0 Å². The zero-order valence-corrected chi connectivity index (χ0v) is 17.4. The molecule has 0 aliphatic rings. The summed E-state index contributed by atoms with van der Waals surface area (Å²) in [7, 11) is 0. The summed E-state index contributed by atoms with van der Waals surface area (Å²) in [5.74, 6) is 0.0684. The molecule has 4 aromatic rings. The number of oxazole rings is 1. The minimum Gasteiger partial charge on any atom is -0.456 e. The highest BCUT2D eigenvalue weighted by Gasteiger charge is 2.31. The standard InChI is InChI=1S/C22H17F3N4O4/c1-12(30)17-7-6-16(33-17)11-29-9-8-18(28-29)27-21(31)19-20(32-13(2)26-19)14-4-3-5-15(10-14)22(23,24)25/h3-10H,11H2,1-2H3,(H,27,28,31). The Kier molecular flexibility index (Phi) is 5.62. The van der Waals surface area contributed by atoms with Gasteiger partial charge >= 0.3 is 6.18 Å². The number of ketones is 1. The highest BCUT2D eigenvalue weighted by molar-refractivity contribution is 6.06. The van der Waals surface area contributed by atoms with Crippen LogP contribution in [0.5, 0.6) is 0 Å². The third-order valence-corrected chi connectivity index (χ3v) is 4.61. The smallest absolute Gasteiger partial charge is 0.416 e. The van der Waals surface area contributed by atoms with Gasteiger partial charge in [0, 0.05) is 31.7 Å². The Balaban J connectivity index is 1.53. The average Bonchev–Trinajstić information content (AvgIpc) is 3.48. The van der Waals surface area contributed by atoms with Crippen LogP contribution in [-0.2, 0) is 12.7 Å². The molecule has 0 saturated carbocycles. The van der Waals surface area contributed by atoms with E-state index in [9.17, 15) is 22.8 Å². The topological polar surface area (TPSA) is 103 Å². The Morgan fingerprint density at radius 2 is 1.91 bits per heavy atom. The first-order chi connectivity index (χ1) is 15.6. The number of halogens is 3. The van der Waals surface area contributed by atoms with Gasteiger partial charge in [-0.3, -0.25) is 14.3 Å². The molecule has 0 aliphatic carbocycles. The molecule has 3 heterocycles. The molecule has 33 heavy (non-hydrogen) atoms. The molecule has 1 aromatic carbocycles. The van der Waals surface area contributed by atoms with Crippen molar-refractivity contribution in [2.24, 2.45) is 0 Å². The molecule has 8 nitrogen and oxygen atoms in total. The first kappa shape index (κ1) is 22.1. The summed E-state index contributed by atoms with van der Waals surface area (Å²) in [5, 5.41) is 6.77. The van der Waals surface area contributed by atoms with Crippen molar-refractivity contribution in [3.63, 3.8) is 0 Å². The van der Waals surface area contributed by atoms with Crippen molar-refractivity contribution in [3.05, 3.63) is 77.3 Å². The quantitative estimate of drug-likeness (QED) is 0.410. The summed E-state index contributed by atoms with van der Waals surface area (Å²) < 4.78 is 51.5. The number of carbonyl (C=O) groups excluding carboxylic acids is 2. The number of Topliss-reactive ketones (excluding diaryl/α,β-unsaturated/α-hetero) is 1. The van der Waals surface area contributed by atoms with E-state index in [1.807, 2.05) is 0 Å². The number of furan rings is 1. The number of aromatic nitrogens is 3. The van der Waals surface area contributed by atoms with Crippen molar-refractivity contribution in [1.82, 2.24) is 14.8 Å². The number of aryl methyl sites for hydroxylation is 1. The number of alkyl halides is 3. The second-order valence-electron chi connectivity index (χ2n) is 7.16. The highest BCUT2D eigenvalue weighted by Crippen LogP contribution is 2.33. The monoisotopic (exact) mass is 458 g/mol. The number of carbonyl (C=O) groups is 2. The molecule has 0 saturated heterocycles. The van der Waals surface area contributed by atoms with Crippen LogP contribution in [0.4, 0.5) is 19.0 Å². The molecule has 0 bridgehead atoms. The summed E-state index contributed by atoms with van der Waals surface area (Å²) in [6, 6.07) is 9.19. The number of hydrogen-bond acceptors (Lipinski definition) is 6. The van der Waals surface area contributed by atoms with Crippen molar-refractivity contribution in [1.29, 1.82) is 0 Å². The van der Waals surface area contributed by atoms with E-state index < -0.39 is 17.6 Å².